The molecule has 3 nitrogen and oxygen atoms in total. The van der Waals surface area contributed by atoms with Crippen LogP contribution in [0.2, 0.25) is 0 Å². The first kappa shape index (κ1) is 15.3. The minimum Gasteiger partial charge on any atom is -0.325 e. The van der Waals surface area contributed by atoms with Gasteiger partial charge in [-0.05, 0) is 49.9 Å². The maximum Gasteiger partial charge on any atom is 0.241 e. The van der Waals surface area contributed by atoms with Crippen molar-refractivity contribution in [1.29, 1.82) is 0 Å². The van der Waals surface area contributed by atoms with Crippen molar-refractivity contribution in [3.8, 4) is 0 Å². The minimum atomic E-state index is 0.0922. The van der Waals surface area contributed by atoms with Crippen molar-refractivity contribution < 1.29 is 4.79 Å². The summed E-state index contributed by atoms with van der Waals surface area (Å²) < 4.78 is 0. The molecule has 3 aliphatic rings. The Hall–Kier alpha value is -0.570. The Morgan fingerprint density at radius 1 is 1.19 bits per heavy atom. The molecule has 3 rings (SSSR count). The molecule has 0 bridgehead atoms. The number of rotatable bonds is 6. The van der Waals surface area contributed by atoms with E-state index in [1.165, 1.54) is 51.4 Å². The van der Waals surface area contributed by atoms with Gasteiger partial charge in [0, 0.05) is 6.54 Å². The van der Waals surface area contributed by atoms with Crippen LogP contribution in [0.4, 0.5) is 0 Å². The van der Waals surface area contributed by atoms with Crippen molar-refractivity contribution in [2.24, 2.45) is 11.3 Å². The Kier molecular flexibility index (Phi) is 4.58. The lowest BCUT2D eigenvalue weighted by molar-refractivity contribution is -0.133. The zero-order chi connectivity index (χ0) is 14.9. The van der Waals surface area contributed by atoms with Gasteiger partial charge in [-0.1, -0.05) is 39.5 Å². The van der Waals surface area contributed by atoms with Crippen LogP contribution in [0.5, 0.6) is 0 Å². The third-order valence-corrected chi connectivity index (χ3v) is 6.38. The second-order valence-electron chi connectivity index (χ2n) is 7.67. The molecule has 3 fully saturated rings. The molecule has 1 aliphatic heterocycles. The predicted octanol–water partition coefficient (Wildman–Crippen LogP) is 3.68. The Morgan fingerprint density at radius 2 is 1.90 bits per heavy atom. The number of carbonyl (C=O) groups excluding carboxylic acids is 1. The summed E-state index contributed by atoms with van der Waals surface area (Å²) in [6, 6.07) is 0.0922. The summed E-state index contributed by atoms with van der Waals surface area (Å²) in [5.74, 6) is 1.10. The van der Waals surface area contributed by atoms with Crippen molar-refractivity contribution in [3.63, 3.8) is 0 Å². The smallest absolute Gasteiger partial charge is 0.241 e. The zero-order valence-electron chi connectivity index (χ0n) is 13.9. The normalized spacial score (nSPS) is 32.7. The van der Waals surface area contributed by atoms with Crippen LogP contribution in [0.25, 0.3) is 0 Å². The first-order chi connectivity index (χ1) is 10.2. The Balaban J connectivity index is 1.73. The molecule has 0 aromatic rings. The number of nitrogens with one attached hydrogen (secondary N) is 1. The molecule has 21 heavy (non-hydrogen) atoms. The summed E-state index contributed by atoms with van der Waals surface area (Å²) in [6.45, 7) is 5.50. The van der Waals surface area contributed by atoms with E-state index in [0.29, 0.717) is 23.4 Å². The van der Waals surface area contributed by atoms with Crippen LogP contribution in [-0.2, 0) is 4.79 Å². The SMILES string of the molecule is CCCC1NC(C2CCCC2)N(CC2(CC)CCC2)C1=O. The van der Waals surface area contributed by atoms with E-state index >= 15 is 0 Å². The van der Waals surface area contributed by atoms with E-state index in [9.17, 15) is 4.79 Å². The molecule has 0 aromatic heterocycles. The Bertz CT molecular complexity index is 366. The molecule has 120 valence electrons. The molecule has 2 atom stereocenters. The van der Waals surface area contributed by atoms with Crippen LogP contribution >= 0.6 is 0 Å². The lowest BCUT2D eigenvalue weighted by Crippen LogP contribution is -2.49. The molecule has 0 radical (unpaired) electrons. The van der Waals surface area contributed by atoms with Gasteiger partial charge in [0.15, 0.2) is 0 Å². The summed E-state index contributed by atoms with van der Waals surface area (Å²) in [5.41, 5.74) is 0.440. The zero-order valence-corrected chi connectivity index (χ0v) is 13.9. The van der Waals surface area contributed by atoms with Crippen molar-refractivity contribution in [1.82, 2.24) is 10.2 Å². The van der Waals surface area contributed by atoms with Crippen LogP contribution in [-0.4, -0.2) is 29.6 Å². The highest BCUT2D eigenvalue weighted by Gasteiger charge is 2.47. The lowest BCUT2D eigenvalue weighted by atomic mass is 9.66. The molecule has 1 N–H and O–H groups in total. The van der Waals surface area contributed by atoms with Crippen LogP contribution in [0, 0.1) is 11.3 Å². The van der Waals surface area contributed by atoms with Crippen molar-refractivity contribution >= 4 is 5.91 Å². The van der Waals surface area contributed by atoms with Gasteiger partial charge in [-0.3, -0.25) is 10.1 Å². The van der Waals surface area contributed by atoms with Gasteiger partial charge in [0.25, 0.3) is 0 Å². The fourth-order valence-electron chi connectivity index (χ4n) is 4.70. The highest BCUT2D eigenvalue weighted by atomic mass is 16.2. The first-order valence-electron chi connectivity index (χ1n) is 9.25. The largest absolute Gasteiger partial charge is 0.325 e. The fourth-order valence-corrected chi connectivity index (χ4v) is 4.70. The maximum atomic E-state index is 12.9. The number of amides is 1. The fraction of sp³-hybridized carbons (Fsp3) is 0.944. The van der Waals surface area contributed by atoms with E-state index in [0.717, 1.165) is 19.4 Å². The molecular weight excluding hydrogens is 260 g/mol. The minimum absolute atomic E-state index is 0.0922. The van der Waals surface area contributed by atoms with Gasteiger partial charge < -0.3 is 4.90 Å². The average Bonchev–Trinajstić information content (AvgIpc) is 3.05. The monoisotopic (exact) mass is 292 g/mol. The van der Waals surface area contributed by atoms with Gasteiger partial charge in [-0.2, -0.15) is 0 Å². The molecule has 1 heterocycles. The van der Waals surface area contributed by atoms with Crippen molar-refractivity contribution in [2.45, 2.75) is 90.3 Å². The summed E-state index contributed by atoms with van der Waals surface area (Å²) in [6.07, 6.45) is 13.0. The van der Waals surface area contributed by atoms with Crippen LogP contribution in [0.3, 0.4) is 0 Å². The highest BCUT2D eigenvalue weighted by molar-refractivity contribution is 5.84. The van der Waals surface area contributed by atoms with E-state index in [2.05, 4.69) is 24.1 Å². The predicted molar refractivity (Wildman–Crippen MR) is 85.9 cm³/mol. The summed E-state index contributed by atoms with van der Waals surface area (Å²) >= 11 is 0. The van der Waals surface area contributed by atoms with E-state index in [4.69, 9.17) is 0 Å². The van der Waals surface area contributed by atoms with E-state index in [1.54, 1.807) is 0 Å². The van der Waals surface area contributed by atoms with Gasteiger partial charge in [0.2, 0.25) is 5.91 Å². The van der Waals surface area contributed by atoms with Gasteiger partial charge >= 0.3 is 0 Å². The van der Waals surface area contributed by atoms with Crippen LogP contribution in [0.15, 0.2) is 0 Å². The number of carbonyl (C=O) groups is 1. The summed E-state index contributed by atoms with van der Waals surface area (Å²) in [7, 11) is 0. The molecule has 2 aliphatic carbocycles. The molecule has 0 aromatic carbocycles. The first-order valence-corrected chi connectivity index (χ1v) is 9.25. The molecule has 3 heteroatoms. The molecule has 1 amide bonds. The Morgan fingerprint density at radius 3 is 2.43 bits per heavy atom. The van der Waals surface area contributed by atoms with E-state index in [1.807, 2.05) is 0 Å². The highest BCUT2D eigenvalue weighted by Crippen LogP contribution is 2.46. The van der Waals surface area contributed by atoms with E-state index < -0.39 is 0 Å². The average molecular weight is 292 g/mol. The topological polar surface area (TPSA) is 32.3 Å². The second kappa shape index (κ2) is 6.28. The van der Waals surface area contributed by atoms with Crippen LogP contribution in [0.1, 0.15) is 78.1 Å². The van der Waals surface area contributed by atoms with Crippen LogP contribution < -0.4 is 5.32 Å². The second-order valence-corrected chi connectivity index (χ2v) is 7.67. The molecule has 0 spiro atoms. The molecular formula is C18H32N2O. The molecule has 2 unspecified atom stereocenters. The van der Waals surface area contributed by atoms with Gasteiger partial charge in [-0.25, -0.2) is 0 Å². The third-order valence-electron chi connectivity index (χ3n) is 6.38. The number of hydrogen-bond acceptors (Lipinski definition) is 2. The maximum absolute atomic E-state index is 12.9. The van der Waals surface area contributed by atoms with Crippen molar-refractivity contribution in [2.75, 3.05) is 6.54 Å². The van der Waals surface area contributed by atoms with E-state index in [-0.39, 0.29) is 6.04 Å². The molecule has 1 saturated heterocycles. The van der Waals surface area contributed by atoms with Crippen molar-refractivity contribution in [3.05, 3.63) is 0 Å². The van der Waals surface area contributed by atoms with Gasteiger partial charge in [0.05, 0.1) is 12.2 Å². The quantitative estimate of drug-likeness (QED) is 0.810. The van der Waals surface area contributed by atoms with Gasteiger partial charge in [0.1, 0.15) is 0 Å². The number of nitrogens with zero attached hydrogens (tertiary/aromatic N) is 1. The molecule has 2 saturated carbocycles. The van der Waals surface area contributed by atoms with Gasteiger partial charge in [-0.15, -0.1) is 0 Å². The summed E-state index contributed by atoms with van der Waals surface area (Å²) in [5, 5.41) is 3.70. The lowest BCUT2D eigenvalue weighted by Gasteiger charge is -2.45. The summed E-state index contributed by atoms with van der Waals surface area (Å²) in [4.78, 5) is 15.1. The standard InChI is InChI=1S/C18H32N2O/c1-3-8-15-17(21)20(13-18(4-2)11-7-12-18)16(19-15)14-9-5-6-10-14/h14-16,19H,3-13H2,1-2H3. The third kappa shape index (κ3) is 2.86. The Labute approximate surface area is 129 Å². The number of hydrogen-bond donors (Lipinski definition) is 1.